The van der Waals surface area contributed by atoms with E-state index >= 15 is 0 Å². The monoisotopic (exact) mass is 395 g/mol. The topological polar surface area (TPSA) is 94.8 Å². The second-order valence-corrected chi connectivity index (χ2v) is 6.28. The zero-order chi connectivity index (χ0) is 20.6. The first-order chi connectivity index (χ1) is 14.0. The van der Waals surface area contributed by atoms with E-state index in [0.29, 0.717) is 11.3 Å². The molecule has 0 radical (unpaired) electrons. The van der Waals surface area contributed by atoms with Crippen molar-refractivity contribution in [1.29, 1.82) is 0 Å². The van der Waals surface area contributed by atoms with E-state index in [-0.39, 0.29) is 19.6 Å². The van der Waals surface area contributed by atoms with E-state index in [9.17, 15) is 14.4 Å². The van der Waals surface area contributed by atoms with Crippen LogP contribution in [-0.2, 0) is 14.3 Å². The standard InChI is InChI=1S/C22H21NO6/c1-2-27-22(26)13-18(15-6-4-3-5-7-15)23-20(24)14-28-17-10-8-16-9-11-21(25)29-19(16)12-17/h3-12,18H,2,13-14H2,1H3,(H,23,24). The average molecular weight is 395 g/mol. The number of rotatable bonds is 8. The number of carbonyl (C=O) groups excluding carboxylic acids is 2. The molecule has 7 nitrogen and oxygen atoms in total. The summed E-state index contributed by atoms with van der Waals surface area (Å²) in [6.45, 7) is 1.75. The van der Waals surface area contributed by atoms with Gasteiger partial charge in [0.2, 0.25) is 0 Å². The number of hydrogen-bond donors (Lipinski definition) is 1. The number of fused-ring (bicyclic) bond motifs is 1. The summed E-state index contributed by atoms with van der Waals surface area (Å²) < 4.78 is 15.6. The number of amides is 1. The summed E-state index contributed by atoms with van der Waals surface area (Å²) in [7, 11) is 0. The molecule has 1 aromatic heterocycles. The molecule has 0 fully saturated rings. The van der Waals surface area contributed by atoms with Gasteiger partial charge < -0.3 is 19.2 Å². The van der Waals surface area contributed by atoms with Crippen molar-refractivity contribution in [2.45, 2.75) is 19.4 Å². The number of esters is 1. The lowest BCUT2D eigenvalue weighted by atomic mass is 10.0. The minimum atomic E-state index is -0.527. The maximum absolute atomic E-state index is 12.4. The highest BCUT2D eigenvalue weighted by atomic mass is 16.5. The smallest absolute Gasteiger partial charge is 0.336 e. The molecule has 3 aromatic rings. The van der Waals surface area contributed by atoms with Crippen molar-refractivity contribution in [2.24, 2.45) is 0 Å². The molecule has 0 aliphatic heterocycles. The molecule has 2 aromatic carbocycles. The van der Waals surface area contributed by atoms with Crippen molar-refractivity contribution in [3.8, 4) is 5.75 Å². The Hall–Kier alpha value is -3.61. The molecule has 0 saturated carbocycles. The lowest BCUT2D eigenvalue weighted by Gasteiger charge is -2.18. The molecule has 1 amide bonds. The third-order valence-corrected chi connectivity index (χ3v) is 4.18. The summed E-state index contributed by atoms with van der Waals surface area (Å²) in [4.78, 5) is 35.6. The Morgan fingerprint density at radius 3 is 2.59 bits per heavy atom. The molecule has 0 aliphatic carbocycles. The van der Waals surface area contributed by atoms with Crippen molar-refractivity contribution in [1.82, 2.24) is 5.32 Å². The summed E-state index contributed by atoms with van der Waals surface area (Å²) in [5.41, 5.74) is 0.707. The van der Waals surface area contributed by atoms with Gasteiger partial charge in [0.1, 0.15) is 11.3 Å². The van der Waals surface area contributed by atoms with E-state index < -0.39 is 23.5 Å². The van der Waals surface area contributed by atoms with Crippen LogP contribution in [0.4, 0.5) is 0 Å². The number of benzene rings is 2. The van der Waals surface area contributed by atoms with Gasteiger partial charge in [-0.25, -0.2) is 4.79 Å². The Bertz CT molecular complexity index is 1040. The highest BCUT2D eigenvalue weighted by Gasteiger charge is 2.19. The van der Waals surface area contributed by atoms with E-state index in [1.807, 2.05) is 30.3 Å². The second kappa shape index (κ2) is 9.54. The third kappa shape index (κ3) is 5.68. The SMILES string of the molecule is CCOC(=O)CC(NC(=O)COc1ccc2ccc(=O)oc2c1)c1ccccc1. The van der Waals surface area contributed by atoms with Gasteiger partial charge in [-0.1, -0.05) is 30.3 Å². The van der Waals surface area contributed by atoms with Crippen LogP contribution >= 0.6 is 0 Å². The molecule has 0 bridgehead atoms. The fourth-order valence-corrected chi connectivity index (χ4v) is 2.84. The van der Waals surface area contributed by atoms with Gasteiger partial charge >= 0.3 is 11.6 Å². The van der Waals surface area contributed by atoms with Gasteiger partial charge in [-0.15, -0.1) is 0 Å². The van der Waals surface area contributed by atoms with Crippen molar-refractivity contribution in [3.05, 3.63) is 76.6 Å². The van der Waals surface area contributed by atoms with Crippen LogP contribution in [0.5, 0.6) is 5.75 Å². The molecule has 0 saturated heterocycles. The summed E-state index contributed by atoms with van der Waals surface area (Å²) in [5.74, 6) is -0.395. The van der Waals surface area contributed by atoms with Gasteiger partial charge in [-0.05, 0) is 30.7 Å². The minimum absolute atomic E-state index is 0.0186. The van der Waals surface area contributed by atoms with E-state index in [2.05, 4.69) is 5.32 Å². The normalized spacial score (nSPS) is 11.6. The van der Waals surface area contributed by atoms with Crippen molar-refractivity contribution < 1.29 is 23.5 Å². The average Bonchev–Trinajstić information content (AvgIpc) is 2.72. The van der Waals surface area contributed by atoms with Gasteiger partial charge in [0, 0.05) is 17.5 Å². The summed E-state index contributed by atoms with van der Waals surface area (Å²) in [6.07, 6.45) is 0.0186. The molecule has 150 valence electrons. The zero-order valence-electron chi connectivity index (χ0n) is 15.9. The molecule has 0 spiro atoms. The molecule has 1 heterocycles. The van der Waals surface area contributed by atoms with Crippen molar-refractivity contribution >= 4 is 22.8 Å². The van der Waals surface area contributed by atoms with Gasteiger partial charge in [-0.2, -0.15) is 0 Å². The molecule has 0 aliphatic rings. The minimum Gasteiger partial charge on any atom is -0.484 e. The molecule has 1 N–H and O–H groups in total. The fraction of sp³-hybridized carbons (Fsp3) is 0.227. The predicted molar refractivity (Wildman–Crippen MR) is 107 cm³/mol. The zero-order valence-corrected chi connectivity index (χ0v) is 15.9. The molecule has 7 heteroatoms. The second-order valence-electron chi connectivity index (χ2n) is 6.28. The van der Waals surface area contributed by atoms with Gasteiger partial charge in [-0.3, -0.25) is 9.59 Å². The van der Waals surface area contributed by atoms with Crippen LogP contribution < -0.4 is 15.7 Å². The van der Waals surface area contributed by atoms with Gasteiger partial charge in [0.05, 0.1) is 19.1 Å². The van der Waals surface area contributed by atoms with Crippen LogP contribution in [0.2, 0.25) is 0 Å². The van der Waals surface area contributed by atoms with E-state index in [4.69, 9.17) is 13.9 Å². The third-order valence-electron chi connectivity index (χ3n) is 4.18. The molecule has 1 atom stereocenters. The first-order valence-corrected chi connectivity index (χ1v) is 9.22. The van der Waals surface area contributed by atoms with Crippen LogP contribution in [0.1, 0.15) is 24.9 Å². The molecule has 1 unspecified atom stereocenters. The molecular weight excluding hydrogens is 374 g/mol. The number of carbonyl (C=O) groups is 2. The first kappa shape index (κ1) is 20.1. The van der Waals surface area contributed by atoms with Crippen LogP contribution in [-0.4, -0.2) is 25.1 Å². The first-order valence-electron chi connectivity index (χ1n) is 9.22. The summed E-state index contributed by atoms with van der Waals surface area (Å²) in [5, 5.41) is 3.55. The fourth-order valence-electron chi connectivity index (χ4n) is 2.84. The quantitative estimate of drug-likeness (QED) is 0.465. The van der Waals surface area contributed by atoms with Crippen molar-refractivity contribution in [2.75, 3.05) is 13.2 Å². The Balaban J connectivity index is 1.65. The number of hydrogen-bond acceptors (Lipinski definition) is 6. The Kier molecular flexibility index (Phi) is 6.63. The van der Waals surface area contributed by atoms with Crippen LogP contribution in [0.25, 0.3) is 11.0 Å². The Labute approximate surface area is 167 Å². The maximum Gasteiger partial charge on any atom is 0.336 e. The highest BCUT2D eigenvalue weighted by molar-refractivity contribution is 5.80. The molecule has 29 heavy (non-hydrogen) atoms. The summed E-state index contributed by atoms with van der Waals surface area (Å²) in [6, 6.07) is 16.6. The molecular formula is C22H21NO6. The Morgan fingerprint density at radius 1 is 1.07 bits per heavy atom. The largest absolute Gasteiger partial charge is 0.484 e. The van der Waals surface area contributed by atoms with Crippen LogP contribution in [0.3, 0.4) is 0 Å². The number of nitrogens with one attached hydrogen (secondary N) is 1. The van der Waals surface area contributed by atoms with Crippen LogP contribution in [0.15, 0.2) is 69.9 Å². The number of ether oxygens (including phenoxy) is 2. The Morgan fingerprint density at radius 2 is 1.83 bits per heavy atom. The summed E-state index contributed by atoms with van der Waals surface area (Å²) >= 11 is 0. The maximum atomic E-state index is 12.4. The lowest BCUT2D eigenvalue weighted by molar-refractivity contribution is -0.143. The molecule has 3 rings (SSSR count). The highest BCUT2D eigenvalue weighted by Crippen LogP contribution is 2.20. The van der Waals surface area contributed by atoms with Gasteiger partial charge in [0.15, 0.2) is 6.61 Å². The van der Waals surface area contributed by atoms with Crippen LogP contribution in [0, 0.1) is 0 Å². The van der Waals surface area contributed by atoms with Gasteiger partial charge in [0.25, 0.3) is 5.91 Å². The van der Waals surface area contributed by atoms with Crippen molar-refractivity contribution in [3.63, 3.8) is 0 Å². The predicted octanol–water partition coefficient (Wildman–Crippen LogP) is 2.98. The van der Waals surface area contributed by atoms with E-state index in [1.165, 1.54) is 6.07 Å². The van der Waals surface area contributed by atoms with E-state index in [1.54, 1.807) is 31.2 Å². The lowest BCUT2D eigenvalue weighted by Crippen LogP contribution is -2.34. The van der Waals surface area contributed by atoms with E-state index in [0.717, 1.165) is 10.9 Å².